The number of piperazine rings is 1. The number of nitrogens with zero attached hydrogens (tertiary/aromatic N) is 2. The van der Waals surface area contributed by atoms with E-state index in [9.17, 15) is 4.79 Å². The number of para-hydroxylation sites is 1. The highest BCUT2D eigenvalue weighted by atomic mass is 16.1. The summed E-state index contributed by atoms with van der Waals surface area (Å²) in [5, 5.41) is 4.33. The minimum Gasteiger partial charge on any atom is -0.354 e. The Labute approximate surface area is 106 Å². The maximum Gasteiger partial charge on any atom is 0.152 e. The number of hydrogen-bond acceptors (Lipinski definition) is 4. The molecule has 1 aliphatic rings. The van der Waals surface area contributed by atoms with Gasteiger partial charge in [0.1, 0.15) is 5.82 Å². The molecule has 2 aromatic rings. The lowest BCUT2D eigenvalue weighted by molar-refractivity contribution is 0.112. The molecule has 1 aliphatic heterocycles. The molecule has 0 amide bonds. The minimum absolute atomic E-state index is 0.657. The number of carbonyl (C=O) groups excluding carboxylic acids is 1. The van der Waals surface area contributed by atoms with Crippen LogP contribution in [0.4, 0.5) is 5.82 Å². The van der Waals surface area contributed by atoms with Crippen molar-refractivity contribution in [2.75, 3.05) is 31.1 Å². The molecule has 2 heterocycles. The van der Waals surface area contributed by atoms with Crippen LogP contribution in [0.3, 0.4) is 0 Å². The molecule has 0 spiro atoms. The number of fused-ring (bicyclic) bond motifs is 1. The number of carbonyl (C=O) groups is 1. The van der Waals surface area contributed by atoms with E-state index in [2.05, 4.69) is 15.2 Å². The lowest BCUT2D eigenvalue weighted by Crippen LogP contribution is -2.43. The molecular formula is C14H15N3O. The van der Waals surface area contributed by atoms with Crippen LogP contribution in [-0.2, 0) is 0 Å². The fourth-order valence-corrected chi connectivity index (χ4v) is 2.32. The zero-order chi connectivity index (χ0) is 12.4. The van der Waals surface area contributed by atoms with Crippen molar-refractivity contribution >= 4 is 23.0 Å². The maximum atomic E-state index is 11.0. The van der Waals surface area contributed by atoms with Crippen molar-refractivity contribution in [3.05, 3.63) is 35.9 Å². The normalized spacial score (nSPS) is 15.9. The van der Waals surface area contributed by atoms with E-state index >= 15 is 0 Å². The zero-order valence-electron chi connectivity index (χ0n) is 10.1. The van der Waals surface area contributed by atoms with Gasteiger partial charge in [-0.1, -0.05) is 12.1 Å². The van der Waals surface area contributed by atoms with Gasteiger partial charge in [0, 0.05) is 37.1 Å². The number of rotatable bonds is 2. The molecule has 0 atom stereocenters. The number of aromatic nitrogens is 1. The first-order valence-electron chi connectivity index (χ1n) is 6.19. The van der Waals surface area contributed by atoms with Gasteiger partial charge in [-0.25, -0.2) is 4.98 Å². The van der Waals surface area contributed by atoms with Gasteiger partial charge in [-0.3, -0.25) is 4.79 Å². The molecule has 0 radical (unpaired) electrons. The highest BCUT2D eigenvalue weighted by Crippen LogP contribution is 2.20. The number of aldehydes is 1. The average molecular weight is 241 g/mol. The minimum atomic E-state index is 0.657. The third-order valence-corrected chi connectivity index (χ3v) is 3.30. The predicted molar refractivity (Wildman–Crippen MR) is 72.2 cm³/mol. The van der Waals surface area contributed by atoms with Crippen LogP contribution in [-0.4, -0.2) is 37.4 Å². The van der Waals surface area contributed by atoms with Crippen LogP contribution < -0.4 is 10.2 Å². The molecule has 1 fully saturated rings. The molecule has 92 valence electrons. The van der Waals surface area contributed by atoms with Crippen LogP contribution in [0.25, 0.3) is 10.9 Å². The Morgan fingerprint density at radius 1 is 1.17 bits per heavy atom. The second kappa shape index (κ2) is 4.74. The van der Waals surface area contributed by atoms with Crippen LogP contribution in [0.1, 0.15) is 10.4 Å². The Balaban J connectivity index is 2.06. The quantitative estimate of drug-likeness (QED) is 0.808. The molecule has 0 unspecified atom stereocenters. The van der Waals surface area contributed by atoms with Gasteiger partial charge in [-0.15, -0.1) is 0 Å². The van der Waals surface area contributed by atoms with E-state index in [1.807, 2.05) is 30.3 Å². The Hall–Kier alpha value is -1.94. The number of pyridine rings is 1. The molecular weight excluding hydrogens is 226 g/mol. The largest absolute Gasteiger partial charge is 0.354 e. The Morgan fingerprint density at radius 3 is 2.78 bits per heavy atom. The highest BCUT2D eigenvalue weighted by Gasteiger charge is 2.12. The summed E-state index contributed by atoms with van der Waals surface area (Å²) in [4.78, 5) is 17.9. The number of hydrogen-bond donors (Lipinski definition) is 1. The number of anilines is 1. The van der Waals surface area contributed by atoms with Crippen LogP contribution >= 0.6 is 0 Å². The molecule has 0 aliphatic carbocycles. The van der Waals surface area contributed by atoms with Crippen LogP contribution in [0, 0.1) is 0 Å². The Kier molecular flexibility index (Phi) is 2.94. The highest BCUT2D eigenvalue weighted by molar-refractivity contribution is 5.96. The zero-order valence-corrected chi connectivity index (χ0v) is 10.1. The predicted octanol–water partition coefficient (Wildman–Crippen LogP) is 1.46. The second-order valence-corrected chi connectivity index (χ2v) is 4.44. The maximum absolute atomic E-state index is 11.0. The van der Waals surface area contributed by atoms with Crippen molar-refractivity contribution in [3.8, 4) is 0 Å². The van der Waals surface area contributed by atoms with Crippen molar-refractivity contribution in [1.82, 2.24) is 10.3 Å². The third-order valence-electron chi connectivity index (χ3n) is 3.30. The smallest absolute Gasteiger partial charge is 0.152 e. The van der Waals surface area contributed by atoms with Crippen LogP contribution in [0.2, 0.25) is 0 Å². The van der Waals surface area contributed by atoms with Crippen molar-refractivity contribution in [2.24, 2.45) is 0 Å². The van der Waals surface area contributed by atoms with E-state index < -0.39 is 0 Å². The fourth-order valence-electron chi connectivity index (χ4n) is 2.32. The summed E-state index contributed by atoms with van der Waals surface area (Å²) in [6.45, 7) is 3.88. The molecule has 4 heteroatoms. The molecule has 1 aromatic carbocycles. The Morgan fingerprint density at radius 2 is 2.00 bits per heavy atom. The van der Waals surface area contributed by atoms with Gasteiger partial charge in [-0.05, 0) is 18.2 Å². The molecule has 0 saturated carbocycles. The fraction of sp³-hybridized carbons (Fsp3) is 0.286. The van der Waals surface area contributed by atoms with Gasteiger partial charge < -0.3 is 10.2 Å². The van der Waals surface area contributed by atoms with E-state index in [0.717, 1.165) is 49.2 Å². The summed E-state index contributed by atoms with van der Waals surface area (Å²) in [6, 6.07) is 9.74. The molecule has 18 heavy (non-hydrogen) atoms. The second-order valence-electron chi connectivity index (χ2n) is 4.44. The first kappa shape index (κ1) is 11.2. The van der Waals surface area contributed by atoms with Gasteiger partial charge in [-0.2, -0.15) is 0 Å². The van der Waals surface area contributed by atoms with Gasteiger partial charge in [0.2, 0.25) is 0 Å². The lowest BCUT2D eigenvalue weighted by atomic mass is 10.1. The van der Waals surface area contributed by atoms with E-state index in [4.69, 9.17) is 0 Å². The third kappa shape index (κ3) is 1.95. The number of nitrogens with one attached hydrogen (secondary N) is 1. The lowest BCUT2D eigenvalue weighted by Gasteiger charge is -2.28. The van der Waals surface area contributed by atoms with Gasteiger partial charge in [0.05, 0.1) is 5.52 Å². The summed E-state index contributed by atoms with van der Waals surface area (Å²) in [5.74, 6) is 0.957. The van der Waals surface area contributed by atoms with E-state index in [1.165, 1.54) is 0 Å². The monoisotopic (exact) mass is 241 g/mol. The van der Waals surface area contributed by atoms with Crippen LogP contribution in [0.15, 0.2) is 30.3 Å². The molecule has 1 aromatic heterocycles. The first-order valence-corrected chi connectivity index (χ1v) is 6.19. The molecule has 0 bridgehead atoms. The van der Waals surface area contributed by atoms with E-state index in [0.29, 0.717) is 5.56 Å². The van der Waals surface area contributed by atoms with Crippen molar-refractivity contribution in [3.63, 3.8) is 0 Å². The van der Waals surface area contributed by atoms with Crippen LogP contribution in [0.5, 0.6) is 0 Å². The SMILES string of the molecule is O=Cc1cccc2ccc(N3CCNCC3)nc12. The standard InChI is InChI=1S/C14H15N3O/c18-10-12-3-1-2-11-4-5-13(16-14(11)12)17-8-6-15-7-9-17/h1-5,10,15H,6-9H2. The first-order chi connectivity index (χ1) is 8.88. The average Bonchev–Trinajstić information content (AvgIpc) is 2.47. The van der Waals surface area contributed by atoms with Crippen molar-refractivity contribution in [2.45, 2.75) is 0 Å². The van der Waals surface area contributed by atoms with Gasteiger partial charge in [0.15, 0.2) is 6.29 Å². The van der Waals surface area contributed by atoms with E-state index in [1.54, 1.807) is 0 Å². The molecule has 1 N–H and O–H groups in total. The summed E-state index contributed by atoms with van der Waals surface area (Å²) >= 11 is 0. The summed E-state index contributed by atoms with van der Waals surface area (Å²) in [5.41, 5.74) is 1.45. The van der Waals surface area contributed by atoms with Gasteiger partial charge in [0.25, 0.3) is 0 Å². The van der Waals surface area contributed by atoms with Gasteiger partial charge >= 0.3 is 0 Å². The summed E-state index contributed by atoms with van der Waals surface area (Å²) in [7, 11) is 0. The topological polar surface area (TPSA) is 45.2 Å². The summed E-state index contributed by atoms with van der Waals surface area (Å²) in [6.07, 6.45) is 0.872. The summed E-state index contributed by atoms with van der Waals surface area (Å²) < 4.78 is 0. The Bertz CT molecular complexity index is 576. The van der Waals surface area contributed by atoms with Crippen molar-refractivity contribution in [1.29, 1.82) is 0 Å². The van der Waals surface area contributed by atoms with Crippen molar-refractivity contribution < 1.29 is 4.79 Å². The molecule has 3 rings (SSSR count). The number of benzene rings is 1. The van der Waals surface area contributed by atoms with E-state index in [-0.39, 0.29) is 0 Å². The molecule has 4 nitrogen and oxygen atoms in total. The molecule has 1 saturated heterocycles.